The van der Waals surface area contributed by atoms with Gasteiger partial charge in [0.05, 0.1) is 0 Å². The predicted octanol–water partition coefficient (Wildman–Crippen LogP) is 7.74. The van der Waals surface area contributed by atoms with Gasteiger partial charge in [-0.2, -0.15) is 11.8 Å². The zero-order valence-corrected chi connectivity index (χ0v) is 27.6. The minimum absolute atomic E-state index is 0.0487. The number of anilines is 2. The lowest BCUT2D eigenvalue weighted by molar-refractivity contribution is -0.147. The molecule has 1 aliphatic carbocycles. The van der Waals surface area contributed by atoms with Crippen molar-refractivity contribution in [2.45, 2.75) is 58.0 Å². The van der Waals surface area contributed by atoms with Gasteiger partial charge in [-0.15, -0.1) is 0 Å². The normalized spacial score (nSPS) is 20.0. The fourth-order valence-corrected chi connectivity index (χ4v) is 8.56. The number of nitrogens with zero attached hydrogens (tertiary/aromatic N) is 2. The van der Waals surface area contributed by atoms with Crippen LogP contribution in [0.3, 0.4) is 0 Å². The van der Waals surface area contributed by atoms with Crippen molar-refractivity contribution < 1.29 is 14.0 Å². The van der Waals surface area contributed by atoms with Crippen LogP contribution in [0, 0.1) is 24.1 Å². The van der Waals surface area contributed by atoms with E-state index < -0.39 is 5.54 Å². The van der Waals surface area contributed by atoms with E-state index in [1.807, 2.05) is 49.3 Å². The van der Waals surface area contributed by atoms with Gasteiger partial charge in [-0.25, -0.2) is 4.39 Å². The largest absolute Gasteiger partial charge is 0.378 e. The summed E-state index contributed by atoms with van der Waals surface area (Å²) in [6.07, 6.45) is 1.32. The quantitative estimate of drug-likeness (QED) is 0.199. The second-order valence-electron chi connectivity index (χ2n) is 13.4. The van der Waals surface area contributed by atoms with Crippen LogP contribution in [0.15, 0.2) is 72.8 Å². The Hall–Kier alpha value is -3.78. The van der Waals surface area contributed by atoms with Crippen molar-refractivity contribution in [2.75, 3.05) is 35.8 Å². The lowest BCUT2D eigenvalue weighted by Crippen LogP contribution is -2.60. The van der Waals surface area contributed by atoms with E-state index in [1.54, 1.807) is 34.9 Å². The van der Waals surface area contributed by atoms with Crippen LogP contribution in [0.2, 0.25) is 0 Å². The molecule has 2 heterocycles. The monoisotopic (exact) mass is 626 g/mol. The number of aromatic nitrogens is 1. The molecule has 236 valence electrons. The number of hydrogen-bond donors (Lipinski definition) is 2. The Kier molecular flexibility index (Phi) is 8.46. The molecule has 0 spiro atoms. The van der Waals surface area contributed by atoms with Gasteiger partial charge in [0.1, 0.15) is 11.4 Å². The molecule has 1 saturated heterocycles. The summed E-state index contributed by atoms with van der Waals surface area (Å²) in [4.78, 5) is 36.3. The van der Waals surface area contributed by atoms with Gasteiger partial charge in [0.25, 0.3) is 0 Å². The van der Waals surface area contributed by atoms with Crippen LogP contribution in [-0.2, 0) is 16.1 Å². The Bertz CT molecular complexity index is 1710. The molecule has 2 aliphatic rings. The lowest BCUT2D eigenvalue weighted by atomic mass is 9.87. The lowest BCUT2D eigenvalue weighted by Gasteiger charge is -2.45. The van der Waals surface area contributed by atoms with Gasteiger partial charge in [-0.3, -0.25) is 9.59 Å². The summed E-state index contributed by atoms with van der Waals surface area (Å²) in [6, 6.07) is 22.6. The number of H-pyrrole nitrogens is 1. The van der Waals surface area contributed by atoms with Crippen LogP contribution < -0.4 is 10.2 Å². The first kappa shape index (κ1) is 31.2. The summed E-state index contributed by atoms with van der Waals surface area (Å²) in [7, 11) is 3.94. The molecule has 1 aliphatic heterocycles. The van der Waals surface area contributed by atoms with E-state index in [2.05, 4.69) is 49.3 Å². The highest BCUT2D eigenvalue weighted by Crippen LogP contribution is 2.67. The minimum Gasteiger partial charge on any atom is -0.378 e. The molecule has 1 saturated carbocycles. The molecular formula is C37H43FN4O2S. The third-order valence-electron chi connectivity index (χ3n) is 10.2. The van der Waals surface area contributed by atoms with Gasteiger partial charge in [0, 0.05) is 60.6 Å². The molecule has 3 aromatic carbocycles. The van der Waals surface area contributed by atoms with Crippen molar-refractivity contribution >= 4 is 45.9 Å². The molecule has 6 rings (SSSR count). The second-order valence-corrected chi connectivity index (χ2v) is 14.7. The summed E-state index contributed by atoms with van der Waals surface area (Å²) in [5.74, 6) is 1.14. The van der Waals surface area contributed by atoms with E-state index in [-0.39, 0.29) is 41.4 Å². The standard InChI is InChI=1S/C37H43FN4O2S/c1-24-33(28-11-7-9-13-31(28)39-24)34-29(36(34,2)3)22-32(43)42(23-25-10-6-8-12-30(25)38)37(18-20-45-21-19-37)35(44)40-26-14-16-27(17-15-26)41(4)5/h6-17,29,34,39H,18-23H2,1-5H3,(H,40,44)/t29-,34+/m1/s1. The van der Waals surface area contributed by atoms with E-state index >= 15 is 4.39 Å². The van der Waals surface area contributed by atoms with Gasteiger partial charge in [0.2, 0.25) is 11.8 Å². The van der Waals surface area contributed by atoms with Crippen LogP contribution in [0.5, 0.6) is 0 Å². The van der Waals surface area contributed by atoms with Crippen LogP contribution in [0.4, 0.5) is 15.8 Å². The highest BCUT2D eigenvalue weighted by atomic mass is 32.2. The Balaban J connectivity index is 1.33. The van der Waals surface area contributed by atoms with E-state index in [0.29, 0.717) is 30.5 Å². The molecule has 0 unspecified atom stereocenters. The number of halogens is 1. The number of benzene rings is 3. The molecule has 2 fully saturated rings. The Morgan fingerprint density at radius 3 is 2.33 bits per heavy atom. The van der Waals surface area contributed by atoms with Gasteiger partial charge in [-0.05, 0) is 90.5 Å². The maximum atomic E-state index is 15.1. The maximum Gasteiger partial charge on any atom is 0.250 e. The number of carbonyl (C=O) groups is 2. The van der Waals surface area contributed by atoms with Gasteiger partial charge < -0.3 is 20.1 Å². The fraction of sp³-hybridized carbons (Fsp3) is 0.405. The molecule has 0 radical (unpaired) electrons. The third-order valence-corrected chi connectivity index (χ3v) is 11.2. The molecular weight excluding hydrogens is 583 g/mol. The van der Waals surface area contributed by atoms with Crippen molar-refractivity contribution in [3.05, 3.63) is 95.4 Å². The Morgan fingerprint density at radius 2 is 1.64 bits per heavy atom. The van der Waals surface area contributed by atoms with Crippen LogP contribution in [0.1, 0.15) is 55.8 Å². The van der Waals surface area contributed by atoms with Crippen LogP contribution in [0.25, 0.3) is 10.9 Å². The first-order chi connectivity index (χ1) is 21.5. The topological polar surface area (TPSA) is 68.4 Å². The highest BCUT2D eigenvalue weighted by molar-refractivity contribution is 7.99. The number of rotatable bonds is 9. The number of amides is 2. The van der Waals surface area contributed by atoms with E-state index in [1.165, 1.54) is 17.0 Å². The third kappa shape index (κ3) is 5.85. The van der Waals surface area contributed by atoms with E-state index in [9.17, 15) is 9.59 Å². The predicted molar refractivity (Wildman–Crippen MR) is 183 cm³/mol. The molecule has 6 nitrogen and oxygen atoms in total. The number of nitrogens with one attached hydrogen (secondary N) is 2. The number of carbonyl (C=O) groups excluding carboxylic acids is 2. The van der Waals surface area contributed by atoms with Crippen molar-refractivity contribution in [1.29, 1.82) is 0 Å². The van der Waals surface area contributed by atoms with Crippen molar-refractivity contribution in [3.8, 4) is 0 Å². The summed E-state index contributed by atoms with van der Waals surface area (Å²) >= 11 is 1.79. The summed E-state index contributed by atoms with van der Waals surface area (Å²) < 4.78 is 15.1. The molecule has 2 amide bonds. The second kappa shape index (κ2) is 12.2. The van der Waals surface area contributed by atoms with Gasteiger partial charge in [0.15, 0.2) is 0 Å². The first-order valence-electron chi connectivity index (χ1n) is 15.8. The maximum absolute atomic E-state index is 15.1. The van der Waals surface area contributed by atoms with Crippen molar-refractivity contribution in [3.63, 3.8) is 0 Å². The summed E-state index contributed by atoms with van der Waals surface area (Å²) in [5, 5.41) is 4.34. The number of hydrogen-bond acceptors (Lipinski definition) is 4. The average Bonchev–Trinajstić information content (AvgIpc) is 3.37. The van der Waals surface area contributed by atoms with E-state index in [4.69, 9.17) is 0 Å². The number of thioether (sulfide) groups is 1. The van der Waals surface area contributed by atoms with Crippen molar-refractivity contribution in [2.24, 2.45) is 11.3 Å². The van der Waals surface area contributed by atoms with Crippen molar-refractivity contribution in [1.82, 2.24) is 9.88 Å². The molecule has 8 heteroatoms. The van der Waals surface area contributed by atoms with E-state index in [0.717, 1.165) is 28.4 Å². The van der Waals surface area contributed by atoms with Crippen LogP contribution in [-0.4, -0.2) is 52.8 Å². The molecule has 2 atom stereocenters. The molecule has 4 aromatic rings. The average molecular weight is 627 g/mol. The fourth-order valence-electron chi connectivity index (χ4n) is 7.39. The highest BCUT2D eigenvalue weighted by Gasteiger charge is 2.60. The number of para-hydroxylation sites is 1. The number of aromatic amines is 1. The molecule has 1 aromatic heterocycles. The summed E-state index contributed by atoms with van der Waals surface area (Å²) in [6.45, 7) is 6.62. The Labute approximate surface area is 269 Å². The summed E-state index contributed by atoms with van der Waals surface area (Å²) in [5.41, 5.74) is 4.46. The number of fused-ring (bicyclic) bond motifs is 1. The van der Waals surface area contributed by atoms with Gasteiger partial charge in [-0.1, -0.05) is 50.2 Å². The smallest absolute Gasteiger partial charge is 0.250 e. The zero-order chi connectivity index (χ0) is 31.9. The minimum atomic E-state index is -1.09. The first-order valence-corrected chi connectivity index (χ1v) is 17.0. The molecule has 0 bridgehead atoms. The Morgan fingerprint density at radius 1 is 0.978 bits per heavy atom. The molecule has 45 heavy (non-hydrogen) atoms. The van der Waals surface area contributed by atoms with Crippen LogP contribution >= 0.6 is 11.8 Å². The SMILES string of the molecule is Cc1[nH]c2ccccc2c1[C@@H]1[C@@H](CC(=O)N(Cc2ccccc2F)C2(C(=O)Nc3ccc(N(C)C)cc3)CCSCC2)C1(C)C. The number of aryl methyl sites for hydroxylation is 1. The van der Waals surface area contributed by atoms with Gasteiger partial charge >= 0.3 is 0 Å². The molecule has 2 N–H and O–H groups in total. The zero-order valence-electron chi connectivity index (χ0n) is 26.8.